The Hall–Kier alpha value is -6.12. The van der Waals surface area contributed by atoms with Gasteiger partial charge in [-0.15, -0.1) is 0 Å². The van der Waals surface area contributed by atoms with Crippen LogP contribution in [-0.4, -0.2) is 0 Å². The molecule has 0 heterocycles. The molecule has 0 saturated heterocycles. The standard InChI is InChI=1S/C28H18Br2F6.C28H20F6/c1-13-3-5-17(15-7-21(31)27(35)22(32)8-15)19(11-29)25(13)26-14(2)4-6-18(20(26)12-30)16-9-23(33)28(36)24(34)10-16;1-13-5-7-19(17-9-21(29)27(33)22(30)10-17)15(3)25(13)26-14(2)6-8-20(16(26)4)18-11-23(31)28(34)24(32)12-18/h3-10H,11-12H2,1-2H3;5-12H,1-4H3. The number of hydrogen-bond acceptors (Lipinski definition) is 0. The molecule has 0 amide bonds. The normalized spacial score (nSPS) is 11.3. The highest BCUT2D eigenvalue weighted by Crippen LogP contribution is 2.45. The number of alkyl halides is 2. The summed E-state index contributed by atoms with van der Waals surface area (Å²) in [6, 6.07) is 21.5. The van der Waals surface area contributed by atoms with Crippen LogP contribution in [0, 0.1) is 111 Å². The first-order valence-electron chi connectivity index (χ1n) is 21.3. The van der Waals surface area contributed by atoms with Crippen LogP contribution in [0.15, 0.2) is 97.1 Å². The number of benzene rings is 8. The zero-order valence-corrected chi connectivity index (χ0v) is 41.1. The van der Waals surface area contributed by atoms with Crippen LogP contribution in [-0.2, 0) is 10.7 Å². The Morgan fingerprint density at radius 3 is 0.714 bits per heavy atom. The van der Waals surface area contributed by atoms with E-state index in [9.17, 15) is 52.7 Å². The number of rotatable bonds is 8. The lowest BCUT2D eigenvalue weighted by Crippen LogP contribution is -2.02. The molecule has 0 N–H and O–H groups in total. The van der Waals surface area contributed by atoms with Gasteiger partial charge in [-0.2, -0.15) is 0 Å². The van der Waals surface area contributed by atoms with Gasteiger partial charge in [0.1, 0.15) is 0 Å². The van der Waals surface area contributed by atoms with E-state index in [1.807, 2.05) is 27.7 Å². The largest absolute Gasteiger partial charge is 0.204 e. The molecule has 0 fully saturated rings. The molecule has 360 valence electrons. The van der Waals surface area contributed by atoms with E-state index in [0.29, 0.717) is 55.2 Å². The molecule has 14 heteroatoms. The zero-order chi connectivity index (χ0) is 51.2. The van der Waals surface area contributed by atoms with Gasteiger partial charge in [0.15, 0.2) is 69.8 Å². The first-order chi connectivity index (χ1) is 33.1. The number of aryl methyl sites for hydroxylation is 4. The molecular formula is C56H38Br2F12. The topological polar surface area (TPSA) is 0 Å². The van der Waals surface area contributed by atoms with Gasteiger partial charge in [-0.05, 0) is 201 Å². The highest BCUT2D eigenvalue weighted by Gasteiger charge is 2.24. The van der Waals surface area contributed by atoms with Crippen molar-refractivity contribution >= 4 is 31.9 Å². The van der Waals surface area contributed by atoms with Gasteiger partial charge >= 0.3 is 0 Å². The van der Waals surface area contributed by atoms with E-state index in [0.717, 1.165) is 93.0 Å². The molecule has 0 unspecified atom stereocenters. The Balaban J connectivity index is 0.000000207. The molecule has 0 aromatic heterocycles. The van der Waals surface area contributed by atoms with Crippen molar-refractivity contribution in [2.45, 2.75) is 52.2 Å². The summed E-state index contributed by atoms with van der Waals surface area (Å²) in [5.41, 5.74) is 12.0. The molecule has 0 atom stereocenters. The van der Waals surface area contributed by atoms with Gasteiger partial charge in [-0.1, -0.05) is 80.4 Å². The van der Waals surface area contributed by atoms with E-state index in [4.69, 9.17) is 0 Å². The molecule has 0 aliphatic rings. The van der Waals surface area contributed by atoms with E-state index < -0.39 is 69.8 Å². The second kappa shape index (κ2) is 20.7. The molecule has 0 bridgehead atoms. The minimum Gasteiger partial charge on any atom is -0.204 e. The molecule has 0 spiro atoms. The fourth-order valence-electron chi connectivity index (χ4n) is 8.98. The van der Waals surface area contributed by atoms with Gasteiger partial charge in [0.25, 0.3) is 0 Å². The van der Waals surface area contributed by atoms with Gasteiger partial charge in [-0.25, -0.2) is 52.7 Å². The average molecular weight is 1100 g/mol. The van der Waals surface area contributed by atoms with Crippen molar-refractivity contribution in [2.75, 3.05) is 0 Å². The third-order valence-corrected chi connectivity index (χ3v) is 13.5. The summed E-state index contributed by atoms with van der Waals surface area (Å²) in [7, 11) is 0. The average Bonchev–Trinajstić information content (AvgIpc) is 3.31. The maximum atomic E-state index is 14.1. The molecule has 8 aromatic rings. The van der Waals surface area contributed by atoms with E-state index in [-0.39, 0.29) is 22.3 Å². The summed E-state index contributed by atoms with van der Waals surface area (Å²) in [5, 5.41) is 0.594. The predicted octanol–water partition coefficient (Wildman–Crippen LogP) is 18.7. The lowest BCUT2D eigenvalue weighted by Gasteiger charge is -2.22. The minimum atomic E-state index is -1.55. The Kier molecular flexibility index (Phi) is 15.3. The van der Waals surface area contributed by atoms with Crippen LogP contribution in [0.5, 0.6) is 0 Å². The summed E-state index contributed by atoms with van der Waals surface area (Å²) in [6.07, 6.45) is 0. The van der Waals surface area contributed by atoms with Crippen LogP contribution in [0.4, 0.5) is 52.7 Å². The summed E-state index contributed by atoms with van der Waals surface area (Å²) >= 11 is 6.97. The predicted molar refractivity (Wildman–Crippen MR) is 259 cm³/mol. The molecule has 8 aromatic carbocycles. The van der Waals surface area contributed by atoms with E-state index >= 15 is 0 Å². The molecular weight excluding hydrogens is 1060 g/mol. The second-order valence-electron chi connectivity index (χ2n) is 16.7. The maximum absolute atomic E-state index is 14.1. The summed E-state index contributed by atoms with van der Waals surface area (Å²) in [5.74, 6) is -16.5. The molecule has 0 saturated carbocycles. The van der Waals surface area contributed by atoms with Crippen LogP contribution in [0.25, 0.3) is 66.8 Å². The fourth-order valence-corrected chi connectivity index (χ4v) is 10.1. The second-order valence-corrected chi connectivity index (χ2v) is 17.8. The van der Waals surface area contributed by atoms with Crippen LogP contribution in [0.3, 0.4) is 0 Å². The van der Waals surface area contributed by atoms with Gasteiger partial charge in [0, 0.05) is 10.7 Å². The van der Waals surface area contributed by atoms with Crippen molar-refractivity contribution in [2.24, 2.45) is 0 Å². The smallest absolute Gasteiger partial charge is 0.194 e. The quantitative estimate of drug-likeness (QED) is 0.0808. The Bertz CT molecular complexity index is 3080. The maximum Gasteiger partial charge on any atom is 0.194 e. The minimum absolute atomic E-state index is 0.166. The highest BCUT2D eigenvalue weighted by molar-refractivity contribution is 9.08. The van der Waals surface area contributed by atoms with E-state index in [2.05, 4.69) is 31.9 Å². The van der Waals surface area contributed by atoms with Crippen molar-refractivity contribution in [1.29, 1.82) is 0 Å². The fraction of sp³-hybridized carbons (Fsp3) is 0.143. The Morgan fingerprint density at radius 1 is 0.286 bits per heavy atom. The SMILES string of the molecule is Cc1ccc(-c2cc(F)c(F)c(F)c2)c(C)c1-c1c(C)ccc(-c2cc(F)c(F)c(F)c2)c1C.Cc1ccc(-c2cc(F)c(F)c(F)c2)c(CBr)c1-c1c(C)ccc(-c2cc(F)c(F)c(F)c2)c1CBr. The van der Waals surface area contributed by atoms with Crippen LogP contribution >= 0.6 is 31.9 Å². The molecule has 0 radical (unpaired) electrons. The van der Waals surface area contributed by atoms with Gasteiger partial charge in [0.2, 0.25) is 0 Å². The van der Waals surface area contributed by atoms with Crippen molar-refractivity contribution in [3.05, 3.63) is 211 Å². The van der Waals surface area contributed by atoms with Crippen LogP contribution in [0.2, 0.25) is 0 Å². The van der Waals surface area contributed by atoms with Gasteiger partial charge < -0.3 is 0 Å². The monoisotopic (exact) mass is 1100 g/mol. The van der Waals surface area contributed by atoms with Crippen molar-refractivity contribution in [3.63, 3.8) is 0 Å². The van der Waals surface area contributed by atoms with Crippen molar-refractivity contribution in [1.82, 2.24) is 0 Å². The number of hydrogen-bond donors (Lipinski definition) is 0. The van der Waals surface area contributed by atoms with Crippen molar-refractivity contribution in [3.8, 4) is 66.8 Å². The van der Waals surface area contributed by atoms with Gasteiger partial charge in [0.05, 0.1) is 0 Å². The number of halogens is 14. The molecule has 70 heavy (non-hydrogen) atoms. The molecule has 8 rings (SSSR count). The first-order valence-corrected chi connectivity index (χ1v) is 23.5. The highest BCUT2D eigenvalue weighted by atomic mass is 79.9. The Morgan fingerprint density at radius 2 is 0.486 bits per heavy atom. The molecule has 0 aliphatic carbocycles. The third kappa shape index (κ3) is 9.69. The molecule has 0 aliphatic heterocycles. The zero-order valence-electron chi connectivity index (χ0n) is 37.9. The lowest BCUT2D eigenvalue weighted by atomic mass is 9.83. The van der Waals surface area contributed by atoms with Crippen molar-refractivity contribution < 1.29 is 52.7 Å². The first kappa shape index (κ1) is 51.7. The van der Waals surface area contributed by atoms with Crippen LogP contribution < -0.4 is 0 Å². The Labute approximate surface area is 412 Å². The van der Waals surface area contributed by atoms with E-state index in [1.165, 1.54) is 0 Å². The van der Waals surface area contributed by atoms with Crippen LogP contribution in [0.1, 0.15) is 44.5 Å². The summed E-state index contributed by atoms with van der Waals surface area (Å²) in [6.45, 7) is 11.1. The van der Waals surface area contributed by atoms with E-state index in [1.54, 1.807) is 62.4 Å². The summed E-state index contributed by atoms with van der Waals surface area (Å²) < 4.78 is 166. The summed E-state index contributed by atoms with van der Waals surface area (Å²) in [4.78, 5) is 0. The lowest BCUT2D eigenvalue weighted by molar-refractivity contribution is 0.447. The molecule has 0 nitrogen and oxygen atoms in total. The third-order valence-electron chi connectivity index (χ3n) is 12.3. The van der Waals surface area contributed by atoms with Gasteiger partial charge in [-0.3, -0.25) is 0 Å².